The molecule has 3 aromatic rings. The van der Waals surface area contributed by atoms with E-state index in [1.807, 2.05) is 12.1 Å². The van der Waals surface area contributed by atoms with Crippen LogP contribution in [0.3, 0.4) is 0 Å². The number of nitrogens with one attached hydrogen (secondary N) is 1. The van der Waals surface area contributed by atoms with E-state index in [9.17, 15) is 4.79 Å². The fourth-order valence-electron chi connectivity index (χ4n) is 3.63. The van der Waals surface area contributed by atoms with Gasteiger partial charge < -0.3 is 10.1 Å². The molecule has 0 spiro atoms. The fourth-order valence-corrected chi connectivity index (χ4v) is 3.63. The van der Waals surface area contributed by atoms with Crippen LogP contribution < -0.4 is 10.1 Å². The lowest BCUT2D eigenvalue weighted by Gasteiger charge is -2.26. The number of amides is 1. The Bertz CT molecular complexity index is 946. The first-order chi connectivity index (χ1) is 13.1. The van der Waals surface area contributed by atoms with Crippen LogP contribution in [0.25, 0.3) is 10.9 Å². The van der Waals surface area contributed by atoms with E-state index in [-0.39, 0.29) is 11.7 Å². The summed E-state index contributed by atoms with van der Waals surface area (Å²) in [6.45, 7) is 2.31. The Hall–Kier alpha value is -2.96. The Kier molecular flexibility index (Phi) is 4.75. The maximum Gasteiger partial charge on any atom is 0.293 e. The molecule has 1 saturated carbocycles. The quantitative estimate of drug-likeness (QED) is 0.760. The number of carbonyl (C=O) groups excluding carboxylic acids is 1. The number of benzene rings is 1. The molecule has 0 aliphatic heterocycles. The molecule has 1 fully saturated rings. The Morgan fingerprint density at radius 2 is 1.93 bits per heavy atom. The van der Waals surface area contributed by atoms with E-state index >= 15 is 0 Å². The molecule has 27 heavy (non-hydrogen) atoms. The van der Waals surface area contributed by atoms with Crippen molar-refractivity contribution in [2.24, 2.45) is 5.92 Å². The summed E-state index contributed by atoms with van der Waals surface area (Å²) in [6.07, 6.45) is 9.92. The summed E-state index contributed by atoms with van der Waals surface area (Å²) in [4.78, 5) is 20.4. The van der Waals surface area contributed by atoms with Gasteiger partial charge in [-0.15, -0.1) is 0 Å². The van der Waals surface area contributed by atoms with E-state index in [4.69, 9.17) is 9.84 Å². The Morgan fingerprint density at radius 1 is 1.19 bits per heavy atom. The largest absolute Gasteiger partial charge is 0.494 e. The number of nitrogens with zero attached hydrogens (tertiary/aromatic N) is 4. The lowest BCUT2D eigenvalue weighted by molar-refractivity contribution is 0.101. The number of hydrogen-bond acceptors (Lipinski definition) is 5. The zero-order chi connectivity index (χ0) is 18.8. The molecule has 1 N–H and O–H groups in total. The highest BCUT2D eigenvalue weighted by atomic mass is 16.5. The number of carbonyl (C=O) groups is 1. The van der Waals surface area contributed by atoms with Crippen LogP contribution in [-0.2, 0) is 0 Å². The second kappa shape index (κ2) is 7.34. The van der Waals surface area contributed by atoms with Crippen LogP contribution in [0.2, 0.25) is 0 Å². The second-order valence-electron chi connectivity index (χ2n) is 7.16. The fraction of sp³-hybridized carbons (Fsp3) is 0.400. The van der Waals surface area contributed by atoms with Crippen molar-refractivity contribution in [3.8, 4) is 5.75 Å². The van der Waals surface area contributed by atoms with Crippen LogP contribution in [0.4, 0.5) is 5.69 Å². The first kappa shape index (κ1) is 17.5. The topological polar surface area (TPSA) is 81.9 Å². The van der Waals surface area contributed by atoms with Crippen LogP contribution in [0, 0.1) is 5.92 Å². The summed E-state index contributed by atoms with van der Waals surface area (Å²) in [7, 11) is 1.58. The van der Waals surface area contributed by atoms with Crippen molar-refractivity contribution >= 4 is 22.5 Å². The van der Waals surface area contributed by atoms with Gasteiger partial charge in [-0.05, 0) is 43.7 Å². The molecule has 0 saturated heterocycles. The van der Waals surface area contributed by atoms with Gasteiger partial charge >= 0.3 is 0 Å². The normalized spacial score (nSPS) is 19.8. The van der Waals surface area contributed by atoms with Crippen LogP contribution in [0.15, 0.2) is 36.8 Å². The molecular formula is C20H23N5O2. The number of methoxy groups -OCH3 is 1. The SMILES string of the molecule is COc1cc2nn([C@H]3CC[C@H](C)CC3)cc2cc1NC(=O)c1ncccn1. The van der Waals surface area contributed by atoms with E-state index in [1.54, 1.807) is 13.2 Å². The standard InChI is InChI=1S/C20H23N5O2/c1-13-4-6-15(7-5-13)25-12-14-10-17(18(27-2)11-16(14)24-25)23-20(26)19-21-8-3-9-22-19/h3,8-13,15H,4-7H2,1-2H3,(H,23,26)/t13-,15-. The van der Waals surface area contributed by atoms with Gasteiger partial charge in [0.15, 0.2) is 0 Å². The molecule has 1 amide bonds. The van der Waals surface area contributed by atoms with Gasteiger partial charge in [0, 0.05) is 30.0 Å². The average Bonchev–Trinajstić information content (AvgIpc) is 3.11. The minimum Gasteiger partial charge on any atom is -0.494 e. The molecule has 0 atom stereocenters. The van der Waals surface area contributed by atoms with E-state index in [0.717, 1.165) is 29.7 Å². The van der Waals surface area contributed by atoms with Crippen LogP contribution in [-0.4, -0.2) is 32.8 Å². The summed E-state index contributed by atoms with van der Waals surface area (Å²) in [5.74, 6) is 1.11. The monoisotopic (exact) mass is 365 g/mol. The van der Waals surface area contributed by atoms with Gasteiger partial charge in [-0.25, -0.2) is 9.97 Å². The summed E-state index contributed by atoms with van der Waals surface area (Å²) in [5.41, 5.74) is 1.44. The van der Waals surface area contributed by atoms with Gasteiger partial charge in [0.1, 0.15) is 5.75 Å². The Balaban J connectivity index is 1.62. The molecule has 4 rings (SSSR count). The van der Waals surface area contributed by atoms with Crippen molar-refractivity contribution in [3.05, 3.63) is 42.6 Å². The summed E-state index contributed by atoms with van der Waals surface area (Å²) < 4.78 is 7.53. The Labute approximate surface area is 157 Å². The van der Waals surface area contributed by atoms with Gasteiger partial charge in [0.2, 0.25) is 5.82 Å². The highest BCUT2D eigenvalue weighted by Gasteiger charge is 2.21. The molecule has 1 aliphatic rings. The smallest absolute Gasteiger partial charge is 0.293 e. The minimum atomic E-state index is -0.373. The van der Waals surface area contributed by atoms with Gasteiger partial charge in [-0.1, -0.05) is 6.92 Å². The van der Waals surface area contributed by atoms with Crippen LogP contribution in [0.1, 0.15) is 49.3 Å². The van der Waals surface area contributed by atoms with Crippen molar-refractivity contribution in [3.63, 3.8) is 0 Å². The van der Waals surface area contributed by atoms with Crippen LogP contribution >= 0.6 is 0 Å². The highest BCUT2D eigenvalue weighted by Crippen LogP contribution is 2.34. The predicted molar refractivity (Wildman–Crippen MR) is 103 cm³/mol. The molecule has 2 heterocycles. The van der Waals surface area contributed by atoms with Gasteiger partial charge in [-0.3, -0.25) is 9.48 Å². The molecule has 7 nitrogen and oxygen atoms in total. The maximum atomic E-state index is 12.4. The van der Waals surface area contributed by atoms with Gasteiger partial charge in [-0.2, -0.15) is 5.10 Å². The average molecular weight is 365 g/mol. The number of aromatic nitrogens is 4. The zero-order valence-electron chi connectivity index (χ0n) is 15.6. The lowest BCUT2D eigenvalue weighted by Crippen LogP contribution is -2.16. The third-order valence-corrected chi connectivity index (χ3v) is 5.22. The molecule has 2 aromatic heterocycles. The Morgan fingerprint density at radius 3 is 2.63 bits per heavy atom. The zero-order valence-corrected chi connectivity index (χ0v) is 15.6. The van der Waals surface area contributed by atoms with E-state index < -0.39 is 0 Å². The number of rotatable bonds is 4. The highest BCUT2D eigenvalue weighted by molar-refractivity contribution is 6.03. The van der Waals surface area contributed by atoms with Gasteiger partial charge in [0.25, 0.3) is 5.91 Å². The third kappa shape index (κ3) is 3.63. The molecular weight excluding hydrogens is 342 g/mol. The molecule has 0 unspecified atom stereocenters. The van der Waals surface area contributed by atoms with Crippen molar-refractivity contribution < 1.29 is 9.53 Å². The number of ether oxygens (including phenoxy) is 1. The van der Waals surface area contributed by atoms with E-state index in [2.05, 4.69) is 33.1 Å². The van der Waals surface area contributed by atoms with Crippen molar-refractivity contribution in [1.29, 1.82) is 0 Å². The predicted octanol–water partition coefficient (Wildman–Crippen LogP) is 3.84. The lowest BCUT2D eigenvalue weighted by atomic mass is 9.87. The molecule has 140 valence electrons. The summed E-state index contributed by atoms with van der Waals surface area (Å²) >= 11 is 0. The van der Waals surface area contributed by atoms with Gasteiger partial charge in [0.05, 0.1) is 24.4 Å². The minimum absolute atomic E-state index is 0.117. The summed E-state index contributed by atoms with van der Waals surface area (Å²) in [5, 5.41) is 8.56. The molecule has 7 heteroatoms. The van der Waals surface area contributed by atoms with E-state index in [1.165, 1.54) is 25.2 Å². The third-order valence-electron chi connectivity index (χ3n) is 5.22. The van der Waals surface area contributed by atoms with E-state index in [0.29, 0.717) is 17.5 Å². The number of anilines is 1. The number of hydrogen-bond donors (Lipinski definition) is 1. The first-order valence-electron chi connectivity index (χ1n) is 9.29. The van der Waals surface area contributed by atoms with Crippen molar-refractivity contribution in [2.75, 3.05) is 12.4 Å². The first-order valence-corrected chi connectivity index (χ1v) is 9.29. The van der Waals surface area contributed by atoms with Crippen LogP contribution in [0.5, 0.6) is 5.75 Å². The molecule has 0 bridgehead atoms. The molecule has 1 aliphatic carbocycles. The van der Waals surface area contributed by atoms with Crippen molar-refractivity contribution in [1.82, 2.24) is 19.7 Å². The van der Waals surface area contributed by atoms with Crippen molar-refractivity contribution in [2.45, 2.75) is 38.6 Å². The summed E-state index contributed by atoms with van der Waals surface area (Å²) in [6, 6.07) is 5.86. The molecule has 1 aromatic carbocycles. The second-order valence-corrected chi connectivity index (χ2v) is 7.16. The maximum absolute atomic E-state index is 12.4. The number of fused-ring (bicyclic) bond motifs is 1. The molecule has 0 radical (unpaired) electrons.